The summed E-state index contributed by atoms with van der Waals surface area (Å²) in [6.45, 7) is 5.83. The van der Waals surface area contributed by atoms with E-state index in [2.05, 4.69) is 0 Å². The molecule has 1 rings (SSSR count). The lowest BCUT2D eigenvalue weighted by Crippen LogP contribution is -2.45. The van der Waals surface area contributed by atoms with Gasteiger partial charge >= 0.3 is 5.97 Å². The zero-order chi connectivity index (χ0) is 13.5. The van der Waals surface area contributed by atoms with Crippen molar-refractivity contribution in [1.29, 1.82) is 0 Å². The summed E-state index contributed by atoms with van der Waals surface area (Å²) in [5.41, 5.74) is 5.47. The number of nitrogens with zero attached hydrogens (tertiary/aromatic N) is 1. The maximum Gasteiger partial charge on any atom is 0.310 e. The van der Waals surface area contributed by atoms with Gasteiger partial charge in [-0.3, -0.25) is 9.59 Å². The van der Waals surface area contributed by atoms with E-state index in [4.69, 9.17) is 10.5 Å². The highest BCUT2D eigenvalue weighted by atomic mass is 16.5. The van der Waals surface area contributed by atoms with E-state index >= 15 is 0 Å². The van der Waals surface area contributed by atoms with Crippen molar-refractivity contribution in [2.75, 3.05) is 26.2 Å². The van der Waals surface area contributed by atoms with Crippen LogP contribution < -0.4 is 5.73 Å². The number of ether oxygens (including phenoxy) is 1. The first-order chi connectivity index (χ1) is 8.60. The lowest BCUT2D eigenvalue weighted by Gasteiger charge is -2.33. The number of likely N-dealkylation sites (tertiary alicyclic amines) is 1. The summed E-state index contributed by atoms with van der Waals surface area (Å²) in [7, 11) is 0. The Balaban J connectivity index is 2.52. The fourth-order valence-electron chi connectivity index (χ4n) is 2.31. The van der Waals surface area contributed by atoms with E-state index in [-0.39, 0.29) is 23.7 Å². The maximum absolute atomic E-state index is 12.1. The van der Waals surface area contributed by atoms with Crippen LogP contribution in [0.4, 0.5) is 0 Å². The number of carbonyl (C=O) groups excluding carboxylic acids is 2. The van der Waals surface area contributed by atoms with E-state index in [1.807, 2.05) is 6.92 Å². The van der Waals surface area contributed by atoms with Gasteiger partial charge in [-0.15, -0.1) is 0 Å². The number of hydrogen-bond acceptors (Lipinski definition) is 4. The molecule has 18 heavy (non-hydrogen) atoms. The minimum atomic E-state index is -0.179. The van der Waals surface area contributed by atoms with Crippen molar-refractivity contribution in [3.05, 3.63) is 0 Å². The zero-order valence-corrected chi connectivity index (χ0v) is 11.4. The molecule has 2 N–H and O–H groups in total. The van der Waals surface area contributed by atoms with Gasteiger partial charge in [-0.25, -0.2) is 0 Å². The zero-order valence-electron chi connectivity index (χ0n) is 11.4. The van der Waals surface area contributed by atoms with E-state index in [1.165, 1.54) is 0 Å². The molecule has 0 radical (unpaired) electrons. The standard InChI is InChI=1S/C13H24N2O3/c1-3-18-13(17)11-5-4-8-15(9-11)12(16)10(2)6-7-14/h10-11H,3-9,14H2,1-2H3. The van der Waals surface area contributed by atoms with Crippen molar-refractivity contribution in [1.82, 2.24) is 4.90 Å². The van der Waals surface area contributed by atoms with Crippen molar-refractivity contribution in [3.8, 4) is 0 Å². The molecule has 0 aliphatic carbocycles. The van der Waals surface area contributed by atoms with Gasteiger partial charge in [-0.1, -0.05) is 6.92 Å². The summed E-state index contributed by atoms with van der Waals surface area (Å²) in [5, 5.41) is 0. The van der Waals surface area contributed by atoms with Gasteiger partial charge in [0.15, 0.2) is 0 Å². The third-order valence-corrected chi connectivity index (χ3v) is 3.37. The molecule has 1 aliphatic rings. The van der Waals surface area contributed by atoms with Crippen LogP contribution in [0, 0.1) is 11.8 Å². The number of nitrogens with two attached hydrogens (primary N) is 1. The molecule has 1 saturated heterocycles. The average molecular weight is 256 g/mol. The topological polar surface area (TPSA) is 72.6 Å². The Morgan fingerprint density at radius 3 is 2.83 bits per heavy atom. The molecule has 0 bridgehead atoms. The average Bonchev–Trinajstić information content (AvgIpc) is 2.38. The van der Waals surface area contributed by atoms with Crippen LogP contribution in [0.1, 0.15) is 33.1 Å². The van der Waals surface area contributed by atoms with Crippen molar-refractivity contribution >= 4 is 11.9 Å². The number of piperidine rings is 1. The molecule has 1 fully saturated rings. The summed E-state index contributed by atoms with van der Waals surface area (Å²) in [6, 6.07) is 0. The molecule has 0 saturated carbocycles. The maximum atomic E-state index is 12.1. The summed E-state index contributed by atoms with van der Waals surface area (Å²) < 4.78 is 5.02. The molecule has 0 aromatic heterocycles. The Morgan fingerprint density at radius 1 is 1.50 bits per heavy atom. The quantitative estimate of drug-likeness (QED) is 0.738. The molecule has 1 aliphatic heterocycles. The summed E-state index contributed by atoms with van der Waals surface area (Å²) >= 11 is 0. The Morgan fingerprint density at radius 2 is 2.22 bits per heavy atom. The number of rotatable bonds is 5. The smallest absolute Gasteiger partial charge is 0.310 e. The number of amides is 1. The molecule has 1 heterocycles. The van der Waals surface area contributed by atoms with Crippen LogP contribution in [0.25, 0.3) is 0 Å². The van der Waals surface area contributed by atoms with Gasteiger partial charge in [0.2, 0.25) is 5.91 Å². The van der Waals surface area contributed by atoms with Crippen LogP contribution in [-0.2, 0) is 14.3 Å². The molecule has 5 nitrogen and oxygen atoms in total. The fourth-order valence-corrected chi connectivity index (χ4v) is 2.31. The van der Waals surface area contributed by atoms with Gasteiger partial charge in [-0.2, -0.15) is 0 Å². The Bertz CT molecular complexity index is 294. The largest absolute Gasteiger partial charge is 0.466 e. The molecule has 1 amide bonds. The Kier molecular flexibility index (Phi) is 6.12. The Labute approximate surface area is 109 Å². The number of hydrogen-bond donors (Lipinski definition) is 1. The van der Waals surface area contributed by atoms with Gasteiger partial charge in [0.05, 0.1) is 12.5 Å². The van der Waals surface area contributed by atoms with E-state index in [0.717, 1.165) is 19.4 Å². The highest BCUT2D eigenvalue weighted by Crippen LogP contribution is 2.20. The second-order valence-corrected chi connectivity index (χ2v) is 4.85. The third-order valence-electron chi connectivity index (χ3n) is 3.37. The van der Waals surface area contributed by atoms with Gasteiger partial charge in [0.1, 0.15) is 0 Å². The molecule has 5 heteroatoms. The second kappa shape index (κ2) is 7.36. The number of carbonyl (C=O) groups is 2. The summed E-state index contributed by atoms with van der Waals surface area (Å²) in [4.78, 5) is 25.6. The third kappa shape index (κ3) is 3.98. The molecule has 2 atom stereocenters. The SMILES string of the molecule is CCOC(=O)C1CCCN(C(=O)C(C)CCN)C1. The highest BCUT2D eigenvalue weighted by molar-refractivity contribution is 5.80. The minimum absolute atomic E-state index is 0.0593. The number of esters is 1. The molecule has 0 spiro atoms. The van der Waals surface area contributed by atoms with Crippen molar-refractivity contribution in [2.24, 2.45) is 17.6 Å². The van der Waals surface area contributed by atoms with Gasteiger partial charge in [-0.05, 0) is 32.7 Å². The molecule has 2 unspecified atom stereocenters. The predicted octanol–water partition coefficient (Wildman–Crippen LogP) is 0.773. The van der Waals surface area contributed by atoms with E-state index in [9.17, 15) is 9.59 Å². The van der Waals surface area contributed by atoms with Crippen LogP contribution in [-0.4, -0.2) is 43.0 Å². The van der Waals surface area contributed by atoms with Crippen molar-refractivity contribution in [2.45, 2.75) is 33.1 Å². The van der Waals surface area contributed by atoms with Gasteiger partial charge in [0.25, 0.3) is 0 Å². The first-order valence-corrected chi connectivity index (χ1v) is 6.75. The summed E-state index contributed by atoms with van der Waals surface area (Å²) in [5.74, 6) is -0.292. The van der Waals surface area contributed by atoms with Gasteiger partial charge in [0, 0.05) is 19.0 Å². The highest BCUT2D eigenvalue weighted by Gasteiger charge is 2.30. The Hall–Kier alpha value is -1.10. The fraction of sp³-hybridized carbons (Fsp3) is 0.846. The molecular formula is C13H24N2O3. The minimum Gasteiger partial charge on any atom is -0.466 e. The molecule has 104 valence electrons. The first-order valence-electron chi connectivity index (χ1n) is 6.75. The van der Waals surface area contributed by atoms with Gasteiger partial charge < -0.3 is 15.4 Å². The van der Waals surface area contributed by atoms with Crippen molar-refractivity contribution < 1.29 is 14.3 Å². The van der Waals surface area contributed by atoms with E-state index in [0.29, 0.717) is 26.1 Å². The monoisotopic (exact) mass is 256 g/mol. The molecule has 0 aromatic rings. The van der Waals surface area contributed by atoms with Crippen LogP contribution in [0.2, 0.25) is 0 Å². The van der Waals surface area contributed by atoms with Crippen LogP contribution in [0.5, 0.6) is 0 Å². The lowest BCUT2D eigenvalue weighted by molar-refractivity contribution is -0.151. The normalized spacial score (nSPS) is 21.5. The van der Waals surface area contributed by atoms with E-state index in [1.54, 1.807) is 11.8 Å². The van der Waals surface area contributed by atoms with Crippen LogP contribution in [0.15, 0.2) is 0 Å². The van der Waals surface area contributed by atoms with Crippen LogP contribution >= 0.6 is 0 Å². The first kappa shape index (κ1) is 15.0. The molecule has 0 aromatic carbocycles. The van der Waals surface area contributed by atoms with E-state index < -0.39 is 0 Å². The van der Waals surface area contributed by atoms with Crippen molar-refractivity contribution in [3.63, 3.8) is 0 Å². The lowest BCUT2D eigenvalue weighted by atomic mass is 9.96. The van der Waals surface area contributed by atoms with Crippen LogP contribution in [0.3, 0.4) is 0 Å². The molecular weight excluding hydrogens is 232 g/mol. The second-order valence-electron chi connectivity index (χ2n) is 4.85. The summed E-state index contributed by atoms with van der Waals surface area (Å²) in [6.07, 6.45) is 2.37. The predicted molar refractivity (Wildman–Crippen MR) is 68.8 cm³/mol.